The number of amides is 1. The average molecular weight is 324 g/mol. The van der Waals surface area contributed by atoms with Crippen LogP contribution in [-0.2, 0) is 4.79 Å². The van der Waals surface area contributed by atoms with E-state index in [9.17, 15) is 18.0 Å². The lowest BCUT2D eigenvalue weighted by atomic mass is 10.2. The van der Waals surface area contributed by atoms with E-state index >= 15 is 0 Å². The summed E-state index contributed by atoms with van der Waals surface area (Å²) >= 11 is 0. The van der Waals surface area contributed by atoms with Crippen molar-refractivity contribution in [3.8, 4) is 5.75 Å². The molecule has 0 aromatic heterocycles. The summed E-state index contributed by atoms with van der Waals surface area (Å²) in [6.07, 6.45) is -4.79. The minimum atomic E-state index is -4.79. The molecule has 0 atom stereocenters. The van der Waals surface area contributed by atoms with Gasteiger partial charge in [0.2, 0.25) is 5.91 Å². The fourth-order valence-electron chi connectivity index (χ4n) is 1.91. The number of carbonyl (C=O) groups excluding carboxylic acids is 1. The first kappa shape index (κ1) is 16.7. The van der Waals surface area contributed by atoms with Crippen LogP contribution in [0.25, 0.3) is 0 Å². The number of ether oxygens (including phenoxy) is 1. The highest BCUT2D eigenvalue weighted by Crippen LogP contribution is 2.29. The van der Waals surface area contributed by atoms with Gasteiger partial charge in [-0.2, -0.15) is 0 Å². The van der Waals surface area contributed by atoms with Gasteiger partial charge >= 0.3 is 6.36 Å². The van der Waals surface area contributed by atoms with E-state index in [1.165, 1.54) is 18.2 Å². The number of hydrogen-bond acceptors (Lipinski definition) is 3. The van der Waals surface area contributed by atoms with Crippen molar-refractivity contribution in [2.75, 3.05) is 17.2 Å². The van der Waals surface area contributed by atoms with Crippen molar-refractivity contribution in [1.82, 2.24) is 0 Å². The summed E-state index contributed by atoms with van der Waals surface area (Å²) in [4.78, 5) is 11.9. The van der Waals surface area contributed by atoms with Crippen LogP contribution in [0.3, 0.4) is 0 Å². The SMILES string of the molecule is Cc1ccccc1NC(=O)CNc1ccccc1OC(F)(F)F. The largest absolute Gasteiger partial charge is 0.573 e. The number of aryl methyl sites for hydroxylation is 1. The zero-order valence-corrected chi connectivity index (χ0v) is 12.3. The monoisotopic (exact) mass is 324 g/mol. The molecule has 0 aliphatic rings. The van der Waals surface area contributed by atoms with E-state index in [4.69, 9.17) is 0 Å². The summed E-state index contributed by atoms with van der Waals surface area (Å²) < 4.78 is 40.9. The van der Waals surface area contributed by atoms with Gasteiger partial charge in [0, 0.05) is 5.69 Å². The highest BCUT2D eigenvalue weighted by molar-refractivity contribution is 5.94. The molecule has 2 N–H and O–H groups in total. The lowest BCUT2D eigenvalue weighted by Crippen LogP contribution is -2.23. The molecule has 0 unspecified atom stereocenters. The molecule has 122 valence electrons. The molecule has 0 saturated carbocycles. The van der Waals surface area contributed by atoms with Crippen molar-refractivity contribution < 1.29 is 22.7 Å². The third-order valence-corrected chi connectivity index (χ3v) is 2.97. The van der Waals surface area contributed by atoms with E-state index in [1.807, 2.05) is 19.1 Å². The predicted molar refractivity (Wildman–Crippen MR) is 81.4 cm³/mol. The molecule has 0 heterocycles. The van der Waals surface area contributed by atoms with Crippen molar-refractivity contribution in [3.05, 3.63) is 54.1 Å². The zero-order chi connectivity index (χ0) is 16.9. The van der Waals surface area contributed by atoms with Crippen molar-refractivity contribution in [2.45, 2.75) is 13.3 Å². The van der Waals surface area contributed by atoms with Crippen LogP contribution in [0, 0.1) is 6.92 Å². The molecule has 1 amide bonds. The van der Waals surface area contributed by atoms with Crippen molar-refractivity contribution in [3.63, 3.8) is 0 Å². The number of nitrogens with one attached hydrogen (secondary N) is 2. The number of rotatable bonds is 5. The van der Waals surface area contributed by atoms with Gasteiger partial charge in [0.25, 0.3) is 0 Å². The molecule has 0 fully saturated rings. The predicted octanol–water partition coefficient (Wildman–Crippen LogP) is 3.94. The molecular formula is C16H15F3N2O2. The van der Waals surface area contributed by atoms with Crippen LogP contribution < -0.4 is 15.4 Å². The van der Waals surface area contributed by atoms with Gasteiger partial charge in [-0.15, -0.1) is 13.2 Å². The average Bonchev–Trinajstić information content (AvgIpc) is 2.47. The number of benzene rings is 2. The second kappa shape index (κ2) is 7.04. The van der Waals surface area contributed by atoms with E-state index in [0.29, 0.717) is 5.69 Å². The second-order valence-corrected chi connectivity index (χ2v) is 4.76. The van der Waals surface area contributed by atoms with Gasteiger partial charge in [0.1, 0.15) is 0 Å². The Kier molecular flexibility index (Phi) is 5.10. The molecule has 2 rings (SSSR count). The molecule has 4 nitrogen and oxygen atoms in total. The topological polar surface area (TPSA) is 50.4 Å². The first-order valence-electron chi connectivity index (χ1n) is 6.79. The lowest BCUT2D eigenvalue weighted by molar-refractivity contribution is -0.274. The fraction of sp³-hybridized carbons (Fsp3) is 0.188. The Morgan fingerprint density at radius 3 is 2.30 bits per heavy atom. The Hall–Kier alpha value is -2.70. The van der Waals surface area contributed by atoms with Crippen LogP contribution in [0.15, 0.2) is 48.5 Å². The number of hydrogen-bond donors (Lipinski definition) is 2. The van der Waals surface area contributed by atoms with Gasteiger partial charge in [0.05, 0.1) is 12.2 Å². The Labute approximate surface area is 131 Å². The van der Waals surface area contributed by atoms with Crippen molar-refractivity contribution >= 4 is 17.3 Å². The highest BCUT2D eigenvalue weighted by atomic mass is 19.4. The molecule has 7 heteroatoms. The molecule has 2 aromatic rings. The second-order valence-electron chi connectivity index (χ2n) is 4.76. The number of anilines is 2. The third kappa shape index (κ3) is 5.21. The molecule has 0 saturated heterocycles. The normalized spacial score (nSPS) is 11.0. The Morgan fingerprint density at radius 1 is 1.04 bits per heavy atom. The van der Waals surface area contributed by atoms with Crippen LogP contribution in [0.4, 0.5) is 24.5 Å². The maximum atomic E-state index is 12.3. The van der Waals surface area contributed by atoms with Crippen LogP contribution in [-0.4, -0.2) is 18.8 Å². The zero-order valence-electron chi connectivity index (χ0n) is 12.3. The number of alkyl halides is 3. The third-order valence-electron chi connectivity index (χ3n) is 2.97. The standard InChI is InChI=1S/C16H15F3N2O2/c1-11-6-2-3-7-12(11)21-15(22)10-20-13-8-4-5-9-14(13)23-16(17,18)19/h2-9,20H,10H2,1H3,(H,21,22). The molecule has 0 aliphatic heterocycles. The lowest BCUT2D eigenvalue weighted by Gasteiger charge is -2.14. The highest BCUT2D eigenvalue weighted by Gasteiger charge is 2.32. The van der Waals surface area contributed by atoms with Gasteiger partial charge in [-0.3, -0.25) is 4.79 Å². The smallest absolute Gasteiger partial charge is 0.404 e. The van der Waals surface area contributed by atoms with Gasteiger partial charge in [0.15, 0.2) is 5.75 Å². The molecule has 0 bridgehead atoms. The van der Waals surface area contributed by atoms with Gasteiger partial charge < -0.3 is 15.4 Å². The van der Waals surface area contributed by atoms with Crippen LogP contribution in [0.2, 0.25) is 0 Å². The number of carbonyl (C=O) groups is 1. The van der Waals surface area contributed by atoms with Gasteiger partial charge in [-0.05, 0) is 30.7 Å². The number of halogens is 3. The maximum Gasteiger partial charge on any atom is 0.573 e. The van der Waals surface area contributed by atoms with Crippen molar-refractivity contribution in [1.29, 1.82) is 0 Å². The van der Waals surface area contributed by atoms with Crippen LogP contribution in [0.1, 0.15) is 5.56 Å². The summed E-state index contributed by atoms with van der Waals surface area (Å²) in [5, 5.41) is 5.32. The Morgan fingerprint density at radius 2 is 1.65 bits per heavy atom. The van der Waals surface area contributed by atoms with Crippen molar-refractivity contribution in [2.24, 2.45) is 0 Å². The summed E-state index contributed by atoms with van der Waals surface area (Å²) in [5.41, 5.74) is 1.63. The Bertz CT molecular complexity index is 687. The minimum Gasteiger partial charge on any atom is -0.404 e. The van der Waals surface area contributed by atoms with E-state index in [1.54, 1.807) is 18.2 Å². The van der Waals surface area contributed by atoms with Gasteiger partial charge in [-0.1, -0.05) is 30.3 Å². The van der Waals surface area contributed by atoms with Crippen LogP contribution in [0.5, 0.6) is 5.75 Å². The first-order chi connectivity index (χ1) is 10.8. The number of para-hydroxylation sites is 3. The molecule has 23 heavy (non-hydrogen) atoms. The summed E-state index contributed by atoms with van der Waals surface area (Å²) in [6, 6.07) is 12.8. The minimum absolute atomic E-state index is 0.0877. The molecule has 0 spiro atoms. The fourth-order valence-corrected chi connectivity index (χ4v) is 1.91. The van der Waals surface area contributed by atoms with Crippen LogP contribution >= 0.6 is 0 Å². The van der Waals surface area contributed by atoms with E-state index in [-0.39, 0.29) is 23.9 Å². The van der Waals surface area contributed by atoms with E-state index in [2.05, 4.69) is 15.4 Å². The van der Waals surface area contributed by atoms with Gasteiger partial charge in [-0.25, -0.2) is 0 Å². The maximum absolute atomic E-state index is 12.3. The quantitative estimate of drug-likeness (QED) is 0.876. The Balaban J connectivity index is 1.98. The molecule has 0 aliphatic carbocycles. The van der Waals surface area contributed by atoms with E-state index in [0.717, 1.165) is 5.56 Å². The molecule has 2 aromatic carbocycles. The first-order valence-corrected chi connectivity index (χ1v) is 6.79. The molecular weight excluding hydrogens is 309 g/mol. The molecule has 0 radical (unpaired) electrons. The summed E-state index contributed by atoms with van der Waals surface area (Å²) in [6.45, 7) is 1.65. The van der Waals surface area contributed by atoms with E-state index < -0.39 is 6.36 Å². The summed E-state index contributed by atoms with van der Waals surface area (Å²) in [7, 11) is 0. The summed E-state index contributed by atoms with van der Waals surface area (Å²) in [5.74, 6) is -0.759.